The second-order valence-corrected chi connectivity index (χ2v) is 6.30. The average molecular weight is 347 g/mol. The number of hydrogen-bond acceptors (Lipinski definition) is 3. The number of amides is 1. The lowest BCUT2D eigenvalue weighted by Gasteiger charge is -2.14. The van der Waals surface area contributed by atoms with Gasteiger partial charge < -0.3 is 10.6 Å². The van der Waals surface area contributed by atoms with Crippen molar-refractivity contribution < 1.29 is 4.79 Å². The van der Waals surface area contributed by atoms with Crippen molar-refractivity contribution in [1.82, 2.24) is 0 Å². The molecule has 0 aliphatic carbocycles. The molecule has 0 aliphatic heterocycles. The molecule has 0 bridgehead atoms. The molecule has 2 N–H and O–H groups in total. The summed E-state index contributed by atoms with van der Waals surface area (Å²) in [6, 6.07) is 14.0. The van der Waals surface area contributed by atoms with Crippen LogP contribution in [0.5, 0.6) is 0 Å². The molecule has 0 saturated heterocycles. The summed E-state index contributed by atoms with van der Waals surface area (Å²) in [5, 5.41) is 15.4. The van der Waals surface area contributed by atoms with Crippen molar-refractivity contribution in [2.75, 3.05) is 10.6 Å². The summed E-state index contributed by atoms with van der Waals surface area (Å²) in [6.07, 6.45) is 3.09. The minimum Gasteiger partial charge on any atom is -0.360 e. The van der Waals surface area contributed by atoms with E-state index < -0.39 is 5.91 Å². The minimum atomic E-state index is -0.403. The minimum absolute atomic E-state index is 0.0390. The second kappa shape index (κ2) is 8.87. The normalized spacial score (nSPS) is 11.0. The third-order valence-electron chi connectivity index (χ3n) is 4.21. The summed E-state index contributed by atoms with van der Waals surface area (Å²) in [7, 11) is 0. The molecule has 134 valence electrons. The van der Waals surface area contributed by atoms with E-state index in [1.165, 1.54) is 6.20 Å². The number of nitrogens with zero attached hydrogens (tertiary/aromatic N) is 1. The number of para-hydroxylation sites is 1. The zero-order valence-corrected chi connectivity index (χ0v) is 15.8. The molecular weight excluding hydrogens is 322 g/mol. The molecule has 0 aliphatic rings. The third kappa shape index (κ3) is 4.73. The highest BCUT2D eigenvalue weighted by molar-refractivity contribution is 6.07. The quantitative estimate of drug-likeness (QED) is 0.578. The largest absolute Gasteiger partial charge is 0.360 e. The number of carbonyl (C=O) groups is 1. The summed E-state index contributed by atoms with van der Waals surface area (Å²) in [4.78, 5) is 12.6. The van der Waals surface area contributed by atoms with Gasteiger partial charge in [-0.15, -0.1) is 0 Å². The molecule has 0 aromatic heterocycles. The summed E-state index contributed by atoms with van der Waals surface area (Å²) in [5.41, 5.74) is 6.08. The van der Waals surface area contributed by atoms with Crippen molar-refractivity contribution in [3.63, 3.8) is 0 Å². The molecule has 0 fully saturated rings. The molecule has 2 rings (SSSR count). The van der Waals surface area contributed by atoms with Gasteiger partial charge in [0.1, 0.15) is 11.6 Å². The summed E-state index contributed by atoms with van der Waals surface area (Å²) >= 11 is 0. The summed E-state index contributed by atoms with van der Waals surface area (Å²) < 4.78 is 0. The SMILES string of the molecule is CCc1cccc(CC)c1NC(=O)/C(C#N)=C\Nc1cc(C)cc(C)c1. The number of hydrogen-bond donors (Lipinski definition) is 2. The van der Waals surface area contributed by atoms with Gasteiger partial charge in [0, 0.05) is 17.6 Å². The number of anilines is 2. The molecular formula is C22H25N3O. The fraction of sp³-hybridized carbons (Fsp3) is 0.273. The maximum Gasteiger partial charge on any atom is 0.267 e. The van der Waals surface area contributed by atoms with Gasteiger partial charge in [-0.05, 0) is 61.1 Å². The van der Waals surface area contributed by atoms with E-state index >= 15 is 0 Å². The van der Waals surface area contributed by atoms with Crippen LogP contribution in [-0.4, -0.2) is 5.91 Å². The van der Waals surface area contributed by atoms with Gasteiger partial charge in [-0.2, -0.15) is 5.26 Å². The van der Waals surface area contributed by atoms with Crippen LogP contribution in [0.15, 0.2) is 48.2 Å². The second-order valence-electron chi connectivity index (χ2n) is 6.30. The highest BCUT2D eigenvalue weighted by Crippen LogP contribution is 2.23. The van der Waals surface area contributed by atoms with E-state index in [1.807, 2.05) is 64.1 Å². The fourth-order valence-corrected chi connectivity index (χ4v) is 2.95. The van der Waals surface area contributed by atoms with Crippen LogP contribution < -0.4 is 10.6 Å². The zero-order chi connectivity index (χ0) is 19.1. The van der Waals surface area contributed by atoms with E-state index in [-0.39, 0.29) is 5.57 Å². The molecule has 1 amide bonds. The van der Waals surface area contributed by atoms with Gasteiger partial charge in [0.15, 0.2) is 0 Å². The van der Waals surface area contributed by atoms with Gasteiger partial charge in [-0.3, -0.25) is 4.79 Å². The Bertz CT molecular complexity index is 833. The molecule has 0 spiro atoms. The Morgan fingerprint density at radius 2 is 1.65 bits per heavy atom. The molecule has 4 nitrogen and oxygen atoms in total. The molecule has 0 saturated carbocycles. The van der Waals surface area contributed by atoms with E-state index in [9.17, 15) is 10.1 Å². The number of benzene rings is 2. The lowest BCUT2D eigenvalue weighted by Crippen LogP contribution is -2.17. The van der Waals surface area contributed by atoms with Crippen LogP contribution in [0.1, 0.15) is 36.1 Å². The van der Waals surface area contributed by atoms with Crippen molar-refractivity contribution in [3.05, 3.63) is 70.4 Å². The average Bonchev–Trinajstić information content (AvgIpc) is 2.61. The lowest BCUT2D eigenvalue weighted by molar-refractivity contribution is -0.112. The zero-order valence-electron chi connectivity index (χ0n) is 15.8. The van der Waals surface area contributed by atoms with E-state index in [1.54, 1.807) is 0 Å². The molecule has 2 aromatic carbocycles. The summed E-state index contributed by atoms with van der Waals surface area (Å²) in [5.74, 6) is -0.403. The van der Waals surface area contributed by atoms with Gasteiger partial charge in [-0.1, -0.05) is 38.1 Å². The highest BCUT2D eigenvalue weighted by Gasteiger charge is 2.14. The van der Waals surface area contributed by atoms with Crippen LogP contribution in [0, 0.1) is 25.2 Å². The Morgan fingerprint density at radius 3 is 2.15 bits per heavy atom. The van der Waals surface area contributed by atoms with Crippen LogP contribution in [0.2, 0.25) is 0 Å². The van der Waals surface area contributed by atoms with E-state index in [4.69, 9.17) is 0 Å². The fourth-order valence-electron chi connectivity index (χ4n) is 2.95. The van der Waals surface area contributed by atoms with E-state index in [0.717, 1.165) is 46.5 Å². The Labute approximate surface area is 155 Å². The van der Waals surface area contributed by atoms with E-state index in [2.05, 4.69) is 16.7 Å². The van der Waals surface area contributed by atoms with Gasteiger partial charge in [0.05, 0.1) is 0 Å². The monoisotopic (exact) mass is 347 g/mol. The van der Waals surface area contributed by atoms with E-state index in [0.29, 0.717) is 0 Å². The Balaban J connectivity index is 2.23. The first-order chi connectivity index (χ1) is 12.5. The molecule has 2 aromatic rings. The molecule has 26 heavy (non-hydrogen) atoms. The topological polar surface area (TPSA) is 64.9 Å². The maximum atomic E-state index is 12.6. The summed E-state index contributed by atoms with van der Waals surface area (Å²) in [6.45, 7) is 8.11. The van der Waals surface area contributed by atoms with Crippen molar-refractivity contribution in [2.45, 2.75) is 40.5 Å². The van der Waals surface area contributed by atoms with Crippen molar-refractivity contribution in [1.29, 1.82) is 5.26 Å². The first-order valence-corrected chi connectivity index (χ1v) is 8.85. The van der Waals surface area contributed by atoms with Crippen LogP contribution in [0.3, 0.4) is 0 Å². The Morgan fingerprint density at radius 1 is 1.08 bits per heavy atom. The van der Waals surface area contributed by atoms with Crippen LogP contribution in [-0.2, 0) is 17.6 Å². The molecule has 4 heteroatoms. The van der Waals surface area contributed by atoms with Crippen LogP contribution in [0.25, 0.3) is 0 Å². The highest BCUT2D eigenvalue weighted by atomic mass is 16.1. The number of nitriles is 1. The van der Waals surface area contributed by atoms with Gasteiger partial charge in [0.2, 0.25) is 0 Å². The smallest absolute Gasteiger partial charge is 0.267 e. The molecule has 0 radical (unpaired) electrons. The first kappa shape index (κ1) is 19.3. The molecule has 0 unspecified atom stereocenters. The number of rotatable bonds is 6. The van der Waals surface area contributed by atoms with Crippen molar-refractivity contribution >= 4 is 17.3 Å². The van der Waals surface area contributed by atoms with Gasteiger partial charge >= 0.3 is 0 Å². The lowest BCUT2D eigenvalue weighted by atomic mass is 10.0. The predicted molar refractivity (Wildman–Crippen MR) is 107 cm³/mol. The maximum absolute atomic E-state index is 12.6. The first-order valence-electron chi connectivity index (χ1n) is 8.85. The number of nitrogens with one attached hydrogen (secondary N) is 2. The van der Waals surface area contributed by atoms with Crippen molar-refractivity contribution in [3.8, 4) is 6.07 Å². The molecule has 0 atom stereocenters. The molecule has 0 heterocycles. The Hall–Kier alpha value is -3.06. The predicted octanol–water partition coefficient (Wildman–Crippen LogP) is 4.89. The number of carbonyl (C=O) groups excluding carboxylic acids is 1. The number of aryl methyl sites for hydroxylation is 4. The van der Waals surface area contributed by atoms with Crippen molar-refractivity contribution in [2.24, 2.45) is 0 Å². The third-order valence-corrected chi connectivity index (χ3v) is 4.21. The van der Waals surface area contributed by atoms with Gasteiger partial charge in [-0.25, -0.2) is 0 Å². The standard InChI is InChI=1S/C22H25N3O/c1-5-17-8-7-9-18(6-2)21(17)25-22(26)19(13-23)14-24-20-11-15(3)10-16(4)12-20/h7-12,14,24H,5-6H2,1-4H3,(H,25,26)/b19-14-. The van der Waals surface area contributed by atoms with Crippen LogP contribution >= 0.6 is 0 Å². The van der Waals surface area contributed by atoms with Gasteiger partial charge in [0.25, 0.3) is 5.91 Å². The Kier molecular flexibility index (Phi) is 6.57. The van der Waals surface area contributed by atoms with Crippen LogP contribution in [0.4, 0.5) is 11.4 Å².